The number of hydrogen-bond acceptors (Lipinski definition) is 2. The number of carbonyl (C=O) groups excluding carboxylic acids is 1. The van der Waals surface area contributed by atoms with Crippen molar-refractivity contribution in [3.8, 4) is 0 Å². The Hall–Kier alpha value is -0.370. The van der Waals surface area contributed by atoms with Gasteiger partial charge in [-0.1, -0.05) is 13.8 Å². The third kappa shape index (κ3) is 2.19. The van der Waals surface area contributed by atoms with E-state index in [1.54, 1.807) is 6.92 Å². The van der Waals surface area contributed by atoms with Gasteiger partial charge in [0.2, 0.25) is 0 Å². The van der Waals surface area contributed by atoms with E-state index in [1.165, 1.54) is 0 Å². The molecule has 4 aliphatic rings. The predicted molar refractivity (Wildman–Crippen MR) is 91.9 cm³/mol. The first-order valence-electron chi connectivity index (χ1n) is 11.2. The highest BCUT2D eigenvalue weighted by Crippen LogP contribution is 2.67. The zero-order valence-electron chi connectivity index (χ0n) is 17.9. The fourth-order valence-electron chi connectivity index (χ4n) is 6.98. The van der Waals surface area contributed by atoms with Crippen LogP contribution in [0.4, 0.5) is 0 Å². The first-order valence-corrected chi connectivity index (χ1v) is 9.66. The van der Waals surface area contributed by atoms with Gasteiger partial charge in [0.15, 0.2) is 0 Å². The summed E-state index contributed by atoms with van der Waals surface area (Å²) < 4.78 is 27.6. The Balaban J connectivity index is 1.78. The smallest absolute Gasteiger partial charge is 0.133 e. The summed E-state index contributed by atoms with van der Waals surface area (Å²) >= 11 is 0. The number of aliphatic hydroxyl groups is 1. The van der Waals surface area contributed by atoms with E-state index in [0.717, 1.165) is 44.9 Å². The Kier molecular flexibility index (Phi) is 2.98. The van der Waals surface area contributed by atoms with Gasteiger partial charge in [-0.05, 0) is 99.1 Å². The van der Waals surface area contributed by atoms with Crippen LogP contribution in [0, 0.1) is 40.4 Å². The van der Waals surface area contributed by atoms with E-state index in [0.29, 0.717) is 5.92 Å². The summed E-state index contributed by atoms with van der Waals surface area (Å²) in [5.74, 6) is -0.234. The van der Waals surface area contributed by atoms with Crippen molar-refractivity contribution >= 4 is 5.78 Å². The van der Waals surface area contributed by atoms with Gasteiger partial charge in [-0.15, -0.1) is 0 Å². The summed E-state index contributed by atoms with van der Waals surface area (Å²) in [7, 11) is 0. The molecule has 23 heavy (non-hydrogen) atoms. The lowest BCUT2D eigenvalue weighted by Gasteiger charge is -2.60. The van der Waals surface area contributed by atoms with Crippen molar-refractivity contribution < 1.29 is 14.0 Å². The lowest BCUT2D eigenvalue weighted by atomic mass is 9.44. The van der Waals surface area contributed by atoms with Gasteiger partial charge in [-0.3, -0.25) is 4.79 Å². The van der Waals surface area contributed by atoms with Gasteiger partial charge in [0, 0.05) is 10.0 Å². The molecule has 0 heterocycles. The molecule has 0 aromatic heterocycles. The van der Waals surface area contributed by atoms with E-state index in [2.05, 4.69) is 6.92 Å². The van der Waals surface area contributed by atoms with Gasteiger partial charge < -0.3 is 5.11 Å². The fraction of sp³-hybridized carbons (Fsp3) is 0.952. The second-order valence-corrected chi connectivity index (χ2v) is 9.23. The molecule has 0 spiro atoms. The van der Waals surface area contributed by atoms with Crippen LogP contribution in [0.5, 0.6) is 0 Å². The first-order chi connectivity index (χ1) is 12.0. The minimum absolute atomic E-state index is 0.122. The van der Waals surface area contributed by atoms with Crippen molar-refractivity contribution in [2.75, 3.05) is 0 Å². The molecule has 4 aliphatic carbocycles. The molecule has 0 bridgehead atoms. The molecule has 0 aliphatic heterocycles. The Labute approximate surface area is 145 Å². The highest BCUT2D eigenvalue weighted by molar-refractivity contribution is 5.79. The highest BCUT2D eigenvalue weighted by atomic mass is 16.3. The summed E-state index contributed by atoms with van der Waals surface area (Å²) in [5.41, 5.74) is -0.858. The third-order valence-corrected chi connectivity index (χ3v) is 8.36. The minimum atomic E-state index is -1.50. The van der Waals surface area contributed by atoms with Gasteiger partial charge in [-0.25, -0.2) is 0 Å². The van der Waals surface area contributed by atoms with Gasteiger partial charge in [0.25, 0.3) is 0 Å². The molecular formula is C21H34O2. The molecule has 130 valence electrons. The SMILES string of the molecule is [2H]C1([2H])C[C@@]2([2H])[C@@H](CC[C@@H]3C[C@H](O)CC[C@@]32C)[C@@H]2CC[C@H](C(C)=O)[C@]21C. The summed E-state index contributed by atoms with van der Waals surface area (Å²) in [6.07, 6.45) is 4.48. The average Bonchev–Trinajstić information content (AvgIpc) is 2.88. The van der Waals surface area contributed by atoms with Crippen LogP contribution in [0.15, 0.2) is 0 Å². The largest absolute Gasteiger partial charge is 0.393 e. The normalized spacial score (nSPS) is 63.0. The highest BCUT2D eigenvalue weighted by Gasteiger charge is 2.60. The molecule has 0 amide bonds. The Morgan fingerprint density at radius 1 is 1.13 bits per heavy atom. The number of ketones is 1. The van der Waals surface area contributed by atoms with Crippen molar-refractivity contribution in [2.45, 2.75) is 84.6 Å². The summed E-state index contributed by atoms with van der Waals surface area (Å²) in [6.45, 7) is 5.84. The zero-order chi connectivity index (χ0) is 19.1. The minimum Gasteiger partial charge on any atom is -0.393 e. The van der Waals surface area contributed by atoms with Crippen LogP contribution in [-0.4, -0.2) is 17.0 Å². The number of carbonyl (C=O) groups is 1. The molecule has 0 radical (unpaired) electrons. The second-order valence-electron chi connectivity index (χ2n) is 9.23. The molecule has 2 nitrogen and oxygen atoms in total. The van der Waals surface area contributed by atoms with E-state index in [9.17, 15) is 11.3 Å². The molecule has 4 fully saturated rings. The monoisotopic (exact) mass is 321 g/mol. The van der Waals surface area contributed by atoms with Crippen molar-refractivity contribution in [1.29, 1.82) is 0 Å². The van der Waals surface area contributed by atoms with Crippen LogP contribution in [0.25, 0.3) is 0 Å². The number of Topliss-reactive ketones (excluding diaryl/α,β-unsaturated/α-hetero) is 1. The summed E-state index contributed by atoms with van der Waals surface area (Å²) in [6, 6.07) is 0. The van der Waals surface area contributed by atoms with Gasteiger partial charge in [-0.2, -0.15) is 0 Å². The van der Waals surface area contributed by atoms with Crippen molar-refractivity contribution in [3.63, 3.8) is 0 Å². The maximum Gasteiger partial charge on any atom is 0.133 e. The third-order valence-electron chi connectivity index (χ3n) is 8.36. The first kappa shape index (κ1) is 12.9. The molecule has 8 atom stereocenters. The Morgan fingerprint density at radius 3 is 2.65 bits per heavy atom. The average molecular weight is 322 g/mol. The van der Waals surface area contributed by atoms with E-state index in [1.807, 2.05) is 6.92 Å². The van der Waals surface area contributed by atoms with Gasteiger partial charge in [0.05, 0.1) is 6.10 Å². The van der Waals surface area contributed by atoms with Crippen molar-refractivity contribution in [2.24, 2.45) is 40.4 Å². The molecule has 0 saturated heterocycles. The van der Waals surface area contributed by atoms with E-state index < -0.39 is 17.7 Å². The molecule has 4 saturated carbocycles. The molecule has 1 N–H and O–H groups in total. The molecule has 0 unspecified atom stereocenters. The molecular weight excluding hydrogens is 284 g/mol. The van der Waals surface area contributed by atoms with Crippen LogP contribution in [0.2, 0.25) is 0 Å². The lowest BCUT2D eigenvalue weighted by Crippen LogP contribution is -2.54. The van der Waals surface area contributed by atoms with E-state index >= 15 is 0 Å². The van der Waals surface area contributed by atoms with Gasteiger partial charge in [0.1, 0.15) is 5.78 Å². The van der Waals surface area contributed by atoms with Crippen molar-refractivity contribution in [1.82, 2.24) is 0 Å². The van der Waals surface area contributed by atoms with Gasteiger partial charge >= 0.3 is 0 Å². The van der Waals surface area contributed by atoms with Crippen molar-refractivity contribution in [3.05, 3.63) is 0 Å². The second kappa shape index (κ2) is 5.31. The van der Waals surface area contributed by atoms with E-state index in [4.69, 9.17) is 2.74 Å². The van der Waals surface area contributed by atoms with E-state index in [-0.39, 0.29) is 41.5 Å². The summed E-state index contributed by atoms with van der Waals surface area (Å²) in [5, 5.41) is 10.2. The number of aliphatic hydroxyl groups excluding tert-OH is 1. The van der Waals surface area contributed by atoms with Crippen LogP contribution in [0.3, 0.4) is 0 Å². The topological polar surface area (TPSA) is 37.3 Å². The zero-order valence-corrected chi connectivity index (χ0v) is 14.9. The Bertz CT molecular complexity index is 622. The molecule has 0 aromatic carbocycles. The predicted octanol–water partition coefficient (Wildman–Crippen LogP) is 4.60. The molecule has 0 aromatic rings. The quantitative estimate of drug-likeness (QED) is 0.766. The lowest BCUT2D eigenvalue weighted by molar-refractivity contribution is -0.138. The van der Waals surface area contributed by atoms with Crippen LogP contribution in [-0.2, 0) is 4.79 Å². The number of rotatable bonds is 1. The standard InChI is InChI=1S/C21H34O2/c1-13(22)17-6-7-18-16-5-4-14-12-15(23)8-10-20(14,2)19(16)9-11-21(17,18)3/h14-19,23H,4-12H2,1-3H3/t14-,15-,16+,17-,18+,19+,20+,21-/m1/s1/i11D2,19D. The fourth-order valence-corrected chi connectivity index (χ4v) is 6.98. The maximum atomic E-state index is 12.3. The van der Waals surface area contributed by atoms with Crippen LogP contribution >= 0.6 is 0 Å². The number of fused-ring (bicyclic) bond motifs is 5. The summed E-state index contributed by atoms with van der Waals surface area (Å²) in [4.78, 5) is 12.3. The Morgan fingerprint density at radius 2 is 1.91 bits per heavy atom. The molecule has 2 heteroatoms. The molecule has 4 rings (SSSR count). The van der Waals surface area contributed by atoms with Crippen LogP contribution in [0.1, 0.15) is 82.6 Å². The number of hydrogen-bond donors (Lipinski definition) is 1. The maximum absolute atomic E-state index is 12.3. The van der Waals surface area contributed by atoms with Crippen LogP contribution < -0.4 is 0 Å².